The molecule has 0 bridgehead atoms. The summed E-state index contributed by atoms with van der Waals surface area (Å²) in [6.07, 6.45) is -0.435. The van der Waals surface area contributed by atoms with Crippen LogP contribution < -0.4 is 4.90 Å². The SMILES string of the molecule is CC1CN(c2ccc(C(C)O)c(O)c2)CCO1. The van der Waals surface area contributed by atoms with Gasteiger partial charge < -0.3 is 19.8 Å². The fourth-order valence-electron chi connectivity index (χ4n) is 2.13. The monoisotopic (exact) mass is 237 g/mol. The van der Waals surface area contributed by atoms with Crippen molar-refractivity contribution in [1.29, 1.82) is 0 Å². The zero-order chi connectivity index (χ0) is 12.4. The molecule has 0 radical (unpaired) electrons. The van der Waals surface area contributed by atoms with E-state index < -0.39 is 6.10 Å². The molecular weight excluding hydrogens is 218 g/mol. The van der Waals surface area contributed by atoms with Crippen molar-refractivity contribution >= 4 is 5.69 Å². The Bertz CT molecular complexity index is 392. The minimum atomic E-state index is -0.646. The molecule has 0 spiro atoms. The lowest BCUT2D eigenvalue weighted by atomic mass is 10.1. The van der Waals surface area contributed by atoms with Crippen LogP contribution in [0.5, 0.6) is 5.75 Å². The van der Waals surface area contributed by atoms with Gasteiger partial charge in [-0.2, -0.15) is 0 Å². The van der Waals surface area contributed by atoms with E-state index in [2.05, 4.69) is 4.90 Å². The van der Waals surface area contributed by atoms with Gasteiger partial charge in [-0.3, -0.25) is 0 Å². The van der Waals surface area contributed by atoms with Gasteiger partial charge in [0, 0.05) is 30.4 Å². The van der Waals surface area contributed by atoms with E-state index in [1.807, 2.05) is 13.0 Å². The maximum absolute atomic E-state index is 9.84. The van der Waals surface area contributed by atoms with Crippen molar-refractivity contribution in [2.75, 3.05) is 24.6 Å². The second-order valence-corrected chi connectivity index (χ2v) is 4.55. The van der Waals surface area contributed by atoms with E-state index in [1.165, 1.54) is 0 Å². The summed E-state index contributed by atoms with van der Waals surface area (Å²) in [6, 6.07) is 5.41. The number of rotatable bonds is 2. The number of hydrogen-bond acceptors (Lipinski definition) is 4. The van der Waals surface area contributed by atoms with Crippen LogP contribution in [0.3, 0.4) is 0 Å². The molecule has 0 aliphatic carbocycles. The molecule has 4 nitrogen and oxygen atoms in total. The Balaban J connectivity index is 2.19. The Hall–Kier alpha value is -1.26. The molecule has 1 saturated heterocycles. The molecule has 1 heterocycles. The van der Waals surface area contributed by atoms with Gasteiger partial charge in [-0.1, -0.05) is 6.07 Å². The number of morpholine rings is 1. The van der Waals surface area contributed by atoms with Gasteiger partial charge in [-0.25, -0.2) is 0 Å². The van der Waals surface area contributed by atoms with Crippen molar-refractivity contribution in [2.45, 2.75) is 26.1 Å². The Labute approximate surface area is 101 Å². The zero-order valence-electron chi connectivity index (χ0n) is 10.3. The smallest absolute Gasteiger partial charge is 0.123 e. The van der Waals surface area contributed by atoms with Crippen LogP contribution in [0.15, 0.2) is 18.2 Å². The molecule has 94 valence electrons. The molecule has 0 aromatic heterocycles. The molecule has 1 aromatic carbocycles. The lowest BCUT2D eigenvalue weighted by molar-refractivity contribution is 0.0532. The Morgan fingerprint density at radius 2 is 2.24 bits per heavy atom. The highest BCUT2D eigenvalue weighted by atomic mass is 16.5. The highest BCUT2D eigenvalue weighted by Gasteiger charge is 2.18. The van der Waals surface area contributed by atoms with Gasteiger partial charge in [-0.05, 0) is 19.9 Å². The summed E-state index contributed by atoms with van der Waals surface area (Å²) in [5.41, 5.74) is 1.54. The number of phenols is 1. The number of hydrogen-bond donors (Lipinski definition) is 2. The average molecular weight is 237 g/mol. The van der Waals surface area contributed by atoms with Gasteiger partial charge in [0.25, 0.3) is 0 Å². The summed E-state index contributed by atoms with van der Waals surface area (Å²) in [6.45, 7) is 6.05. The number of aliphatic hydroxyl groups excluding tert-OH is 1. The average Bonchev–Trinajstić information content (AvgIpc) is 2.28. The number of ether oxygens (including phenoxy) is 1. The third-order valence-corrected chi connectivity index (χ3v) is 3.07. The molecular formula is C13H19NO3. The summed E-state index contributed by atoms with van der Waals surface area (Å²) < 4.78 is 5.48. The number of aromatic hydroxyl groups is 1. The number of phenolic OH excluding ortho intramolecular Hbond substituents is 1. The van der Waals surface area contributed by atoms with E-state index in [0.29, 0.717) is 12.2 Å². The van der Waals surface area contributed by atoms with Crippen molar-refractivity contribution < 1.29 is 14.9 Å². The molecule has 1 aliphatic heterocycles. The second kappa shape index (κ2) is 4.94. The Morgan fingerprint density at radius 3 is 2.82 bits per heavy atom. The van der Waals surface area contributed by atoms with E-state index >= 15 is 0 Å². The van der Waals surface area contributed by atoms with Gasteiger partial charge in [-0.15, -0.1) is 0 Å². The van der Waals surface area contributed by atoms with Crippen molar-refractivity contribution in [1.82, 2.24) is 0 Å². The van der Waals surface area contributed by atoms with E-state index in [-0.39, 0.29) is 11.9 Å². The lowest BCUT2D eigenvalue weighted by Crippen LogP contribution is -2.41. The van der Waals surface area contributed by atoms with Crippen LogP contribution in [0, 0.1) is 0 Å². The van der Waals surface area contributed by atoms with E-state index in [4.69, 9.17) is 4.74 Å². The van der Waals surface area contributed by atoms with Crippen LogP contribution in [0.4, 0.5) is 5.69 Å². The summed E-state index contributed by atoms with van der Waals surface area (Å²) in [5.74, 6) is 0.150. The fourth-order valence-corrected chi connectivity index (χ4v) is 2.13. The van der Waals surface area contributed by atoms with Crippen LogP contribution in [0.1, 0.15) is 25.5 Å². The highest BCUT2D eigenvalue weighted by Crippen LogP contribution is 2.29. The van der Waals surface area contributed by atoms with Gasteiger partial charge in [0.05, 0.1) is 18.8 Å². The zero-order valence-corrected chi connectivity index (χ0v) is 10.3. The second-order valence-electron chi connectivity index (χ2n) is 4.55. The Morgan fingerprint density at radius 1 is 1.47 bits per heavy atom. The summed E-state index contributed by atoms with van der Waals surface area (Å²) in [7, 11) is 0. The first-order chi connectivity index (χ1) is 8.08. The summed E-state index contributed by atoms with van der Waals surface area (Å²) in [4.78, 5) is 2.18. The van der Waals surface area contributed by atoms with Crippen molar-refractivity contribution in [3.8, 4) is 5.75 Å². The molecule has 0 saturated carbocycles. The first-order valence-corrected chi connectivity index (χ1v) is 5.95. The van der Waals surface area contributed by atoms with E-state index in [0.717, 1.165) is 18.8 Å². The lowest BCUT2D eigenvalue weighted by Gasteiger charge is -2.33. The predicted molar refractivity (Wildman–Crippen MR) is 66.4 cm³/mol. The van der Waals surface area contributed by atoms with Gasteiger partial charge in [0.15, 0.2) is 0 Å². The van der Waals surface area contributed by atoms with Crippen LogP contribution in [0.2, 0.25) is 0 Å². The van der Waals surface area contributed by atoms with E-state index in [1.54, 1.807) is 19.1 Å². The van der Waals surface area contributed by atoms with E-state index in [9.17, 15) is 10.2 Å². The van der Waals surface area contributed by atoms with Crippen molar-refractivity contribution in [3.63, 3.8) is 0 Å². The van der Waals surface area contributed by atoms with Crippen LogP contribution in [-0.4, -0.2) is 36.0 Å². The van der Waals surface area contributed by atoms with Crippen LogP contribution in [0.25, 0.3) is 0 Å². The minimum Gasteiger partial charge on any atom is -0.507 e. The molecule has 1 fully saturated rings. The third kappa shape index (κ3) is 2.70. The minimum absolute atomic E-state index is 0.150. The molecule has 1 aromatic rings. The van der Waals surface area contributed by atoms with Crippen LogP contribution in [-0.2, 0) is 4.74 Å². The molecule has 0 amide bonds. The maximum atomic E-state index is 9.84. The Kier molecular flexibility index (Phi) is 3.54. The normalized spacial score (nSPS) is 22.5. The van der Waals surface area contributed by atoms with Gasteiger partial charge in [0.2, 0.25) is 0 Å². The van der Waals surface area contributed by atoms with Gasteiger partial charge >= 0.3 is 0 Å². The molecule has 2 unspecified atom stereocenters. The quantitative estimate of drug-likeness (QED) is 0.821. The van der Waals surface area contributed by atoms with Crippen LogP contribution >= 0.6 is 0 Å². The van der Waals surface area contributed by atoms with Crippen molar-refractivity contribution in [2.24, 2.45) is 0 Å². The number of aliphatic hydroxyl groups is 1. The number of benzene rings is 1. The largest absolute Gasteiger partial charge is 0.507 e. The molecule has 17 heavy (non-hydrogen) atoms. The first-order valence-electron chi connectivity index (χ1n) is 5.95. The number of nitrogens with zero attached hydrogens (tertiary/aromatic N) is 1. The highest BCUT2D eigenvalue weighted by molar-refractivity contribution is 5.54. The third-order valence-electron chi connectivity index (χ3n) is 3.07. The van der Waals surface area contributed by atoms with Gasteiger partial charge in [0.1, 0.15) is 5.75 Å². The molecule has 2 atom stereocenters. The number of anilines is 1. The maximum Gasteiger partial charge on any atom is 0.123 e. The predicted octanol–water partition coefficient (Wildman–Crippen LogP) is 1.67. The summed E-state index contributed by atoms with van der Waals surface area (Å²) in [5, 5.41) is 19.3. The topological polar surface area (TPSA) is 52.9 Å². The standard InChI is InChI=1S/C13H19NO3/c1-9-8-14(5-6-17-9)11-3-4-12(10(2)15)13(16)7-11/h3-4,7,9-10,15-16H,5-6,8H2,1-2H3. The molecule has 4 heteroatoms. The molecule has 2 N–H and O–H groups in total. The molecule has 1 aliphatic rings. The first kappa shape index (κ1) is 12.2. The van der Waals surface area contributed by atoms with Crippen molar-refractivity contribution in [3.05, 3.63) is 23.8 Å². The summed E-state index contributed by atoms with van der Waals surface area (Å²) >= 11 is 0. The molecule has 2 rings (SSSR count). The fraction of sp³-hybridized carbons (Fsp3) is 0.538.